The molecule has 0 bridgehead atoms. The predicted molar refractivity (Wildman–Crippen MR) is 74.9 cm³/mol. The lowest BCUT2D eigenvalue weighted by Gasteiger charge is -2.17. The first kappa shape index (κ1) is 12.7. The molecule has 2 rings (SSSR count). The van der Waals surface area contributed by atoms with Crippen molar-refractivity contribution in [1.82, 2.24) is 4.90 Å². The van der Waals surface area contributed by atoms with E-state index < -0.39 is 0 Å². The summed E-state index contributed by atoms with van der Waals surface area (Å²) in [6, 6.07) is 7.99. The average molecular weight is 241 g/mol. The van der Waals surface area contributed by atoms with E-state index in [0.29, 0.717) is 11.7 Å². The fourth-order valence-corrected chi connectivity index (χ4v) is 2.42. The summed E-state index contributed by atoms with van der Waals surface area (Å²) in [5, 5.41) is 9.89. The number of hydrogen-bond acceptors (Lipinski definition) is 2. The molecule has 0 spiro atoms. The van der Waals surface area contributed by atoms with Gasteiger partial charge in [0.1, 0.15) is 5.76 Å². The van der Waals surface area contributed by atoms with Gasteiger partial charge < -0.3 is 5.11 Å². The molecule has 1 saturated heterocycles. The fourth-order valence-electron chi connectivity index (χ4n) is 2.42. The monoisotopic (exact) mass is 241 g/mol. The van der Waals surface area contributed by atoms with E-state index >= 15 is 0 Å². The number of benzene rings is 1. The topological polar surface area (TPSA) is 23.5 Å². The smallest absolute Gasteiger partial charge is 0.118 e. The van der Waals surface area contributed by atoms with Crippen LogP contribution in [0.15, 0.2) is 30.3 Å². The quantitative estimate of drug-likeness (QED) is 0.649. The molecule has 1 atom stereocenters. The van der Waals surface area contributed by atoms with Crippen molar-refractivity contribution in [3.05, 3.63) is 41.5 Å². The molecular weight excluding hydrogens is 222 g/mol. The lowest BCUT2D eigenvalue weighted by molar-refractivity contribution is 0.324. The molecule has 18 heavy (non-hydrogen) atoms. The van der Waals surface area contributed by atoms with Crippen LogP contribution in [-0.2, 0) is 6.54 Å². The zero-order valence-corrected chi connectivity index (χ0v) is 10.8. The van der Waals surface area contributed by atoms with Gasteiger partial charge in [0.2, 0.25) is 0 Å². The molecule has 94 valence electrons. The Morgan fingerprint density at radius 2 is 2.33 bits per heavy atom. The van der Waals surface area contributed by atoms with Crippen LogP contribution in [0.3, 0.4) is 0 Å². The predicted octanol–water partition coefficient (Wildman–Crippen LogP) is 3.06. The summed E-state index contributed by atoms with van der Waals surface area (Å²) >= 11 is 0. The van der Waals surface area contributed by atoms with Gasteiger partial charge in [0.25, 0.3) is 0 Å². The molecule has 0 saturated carbocycles. The number of allylic oxidation sites excluding steroid dienone is 1. The standard InChI is InChI=1S/C16H19NO/c1-3-13-9-10-17(11-13)12-14-7-5-6-8-15(14)16(18)4-2/h1,4-8,13,18H,9-12H2,2H3. The maximum Gasteiger partial charge on any atom is 0.118 e. The third-order valence-corrected chi connectivity index (χ3v) is 3.47. The van der Waals surface area contributed by atoms with E-state index in [9.17, 15) is 5.11 Å². The molecule has 0 radical (unpaired) electrons. The van der Waals surface area contributed by atoms with Crippen LogP contribution in [0.2, 0.25) is 0 Å². The molecule has 0 aromatic heterocycles. The highest BCUT2D eigenvalue weighted by Crippen LogP contribution is 2.22. The largest absolute Gasteiger partial charge is 0.508 e. The summed E-state index contributed by atoms with van der Waals surface area (Å²) < 4.78 is 0. The van der Waals surface area contributed by atoms with Crippen LogP contribution in [0.5, 0.6) is 0 Å². The molecule has 1 aliphatic rings. The van der Waals surface area contributed by atoms with E-state index in [4.69, 9.17) is 6.42 Å². The zero-order chi connectivity index (χ0) is 13.0. The molecule has 1 aliphatic heterocycles. The number of terminal acetylenes is 1. The van der Waals surface area contributed by atoms with Crippen LogP contribution in [0, 0.1) is 18.3 Å². The van der Waals surface area contributed by atoms with Crippen LogP contribution < -0.4 is 0 Å². The summed E-state index contributed by atoms with van der Waals surface area (Å²) in [6.07, 6.45) is 8.27. The van der Waals surface area contributed by atoms with Gasteiger partial charge in [0.15, 0.2) is 0 Å². The summed E-state index contributed by atoms with van der Waals surface area (Å²) in [4.78, 5) is 2.35. The van der Waals surface area contributed by atoms with Crippen LogP contribution in [0.1, 0.15) is 24.5 Å². The molecule has 0 amide bonds. The highest BCUT2D eigenvalue weighted by molar-refractivity contribution is 5.61. The van der Waals surface area contributed by atoms with E-state index in [-0.39, 0.29) is 0 Å². The molecule has 1 fully saturated rings. The fraction of sp³-hybridized carbons (Fsp3) is 0.375. The summed E-state index contributed by atoms with van der Waals surface area (Å²) in [5.74, 6) is 3.55. The number of likely N-dealkylation sites (tertiary alicyclic amines) is 1. The minimum Gasteiger partial charge on any atom is -0.508 e. The van der Waals surface area contributed by atoms with Crippen molar-refractivity contribution in [3.8, 4) is 12.3 Å². The molecule has 1 aromatic rings. The van der Waals surface area contributed by atoms with Gasteiger partial charge >= 0.3 is 0 Å². The number of rotatable bonds is 3. The van der Waals surface area contributed by atoms with Gasteiger partial charge in [-0.25, -0.2) is 0 Å². The first-order chi connectivity index (χ1) is 8.74. The van der Waals surface area contributed by atoms with Gasteiger partial charge in [0.05, 0.1) is 0 Å². The maximum atomic E-state index is 9.89. The van der Waals surface area contributed by atoms with Crippen molar-refractivity contribution in [1.29, 1.82) is 0 Å². The van der Waals surface area contributed by atoms with Crippen LogP contribution in [0.4, 0.5) is 0 Å². The SMILES string of the molecule is C#CC1CCN(Cc2ccccc2C(O)=CC)C1. The minimum atomic E-state index is 0.346. The first-order valence-electron chi connectivity index (χ1n) is 6.36. The van der Waals surface area contributed by atoms with Crippen LogP contribution >= 0.6 is 0 Å². The second-order valence-corrected chi connectivity index (χ2v) is 4.72. The third-order valence-electron chi connectivity index (χ3n) is 3.47. The molecule has 1 unspecified atom stereocenters. The van der Waals surface area contributed by atoms with E-state index in [1.54, 1.807) is 6.08 Å². The molecular formula is C16H19NO. The zero-order valence-electron chi connectivity index (χ0n) is 10.8. The average Bonchev–Trinajstić information content (AvgIpc) is 2.86. The molecule has 2 nitrogen and oxygen atoms in total. The normalized spacial score (nSPS) is 20.9. The van der Waals surface area contributed by atoms with E-state index in [1.165, 1.54) is 0 Å². The number of aliphatic hydroxyl groups excluding tert-OH is 1. The number of hydrogen-bond donors (Lipinski definition) is 1. The first-order valence-corrected chi connectivity index (χ1v) is 6.36. The van der Waals surface area contributed by atoms with Gasteiger partial charge in [-0.1, -0.05) is 24.3 Å². The van der Waals surface area contributed by atoms with E-state index in [0.717, 1.165) is 37.2 Å². The van der Waals surface area contributed by atoms with Crippen LogP contribution in [-0.4, -0.2) is 23.1 Å². The molecule has 0 aliphatic carbocycles. The van der Waals surface area contributed by atoms with Gasteiger partial charge in [-0.2, -0.15) is 0 Å². The lowest BCUT2D eigenvalue weighted by atomic mass is 10.1. The van der Waals surface area contributed by atoms with Crippen molar-refractivity contribution in [2.45, 2.75) is 19.9 Å². The molecule has 1 aromatic carbocycles. The second kappa shape index (κ2) is 5.75. The van der Waals surface area contributed by atoms with Gasteiger partial charge in [-0.3, -0.25) is 4.90 Å². The summed E-state index contributed by atoms with van der Waals surface area (Å²) in [6.45, 7) is 4.70. The van der Waals surface area contributed by atoms with Gasteiger partial charge in [0, 0.05) is 24.6 Å². The molecule has 1 N–H and O–H groups in total. The number of aliphatic hydroxyl groups is 1. The van der Waals surface area contributed by atoms with Crippen molar-refractivity contribution in [2.24, 2.45) is 5.92 Å². The lowest BCUT2D eigenvalue weighted by Crippen LogP contribution is -2.20. The van der Waals surface area contributed by atoms with Crippen molar-refractivity contribution >= 4 is 5.76 Å². The maximum absolute atomic E-state index is 9.89. The Kier molecular flexibility index (Phi) is 4.07. The van der Waals surface area contributed by atoms with Crippen molar-refractivity contribution in [3.63, 3.8) is 0 Å². The Labute approximate surface area is 109 Å². The highest BCUT2D eigenvalue weighted by Gasteiger charge is 2.21. The van der Waals surface area contributed by atoms with Crippen molar-refractivity contribution in [2.75, 3.05) is 13.1 Å². The number of nitrogens with zero attached hydrogens (tertiary/aromatic N) is 1. The van der Waals surface area contributed by atoms with Gasteiger partial charge in [-0.05, 0) is 31.5 Å². The highest BCUT2D eigenvalue weighted by atomic mass is 16.3. The van der Waals surface area contributed by atoms with E-state index in [1.807, 2.05) is 25.1 Å². The Morgan fingerprint density at radius 3 is 3.00 bits per heavy atom. The molecule has 1 heterocycles. The second-order valence-electron chi connectivity index (χ2n) is 4.72. The van der Waals surface area contributed by atoms with E-state index in [2.05, 4.69) is 16.9 Å². The Bertz CT molecular complexity index is 484. The van der Waals surface area contributed by atoms with Crippen molar-refractivity contribution < 1.29 is 5.11 Å². The van der Waals surface area contributed by atoms with Crippen LogP contribution in [0.25, 0.3) is 5.76 Å². The van der Waals surface area contributed by atoms with Gasteiger partial charge in [-0.15, -0.1) is 12.3 Å². The Morgan fingerprint density at radius 1 is 1.56 bits per heavy atom. The molecule has 2 heteroatoms. The Hall–Kier alpha value is -1.72. The summed E-state index contributed by atoms with van der Waals surface area (Å²) in [7, 11) is 0. The minimum absolute atomic E-state index is 0.346. The third kappa shape index (κ3) is 2.75. The Balaban J connectivity index is 2.13. The summed E-state index contributed by atoms with van der Waals surface area (Å²) in [5.41, 5.74) is 2.08.